The van der Waals surface area contributed by atoms with Gasteiger partial charge in [-0.2, -0.15) is 0 Å². The van der Waals surface area contributed by atoms with Crippen molar-refractivity contribution in [3.63, 3.8) is 0 Å². The van der Waals surface area contributed by atoms with Crippen molar-refractivity contribution in [3.05, 3.63) is 95.1 Å². The van der Waals surface area contributed by atoms with Gasteiger partial charge in [0.25, 0.3) is 0 Å². The van der Waals surface area contributed by atoms with E-state index < -0.39 is 17.6 Å². The molecule has 0 atom stereocenters. The zero-order valence-electron chi connectivity index (χ0n) is 16.6. The Kier molecular flexibility index (Phi) is 7.60. The lowest BCUT2D eigenvalue weighted by Crippen LogP contribution is -2.27. The summed E-state index contributed by atoms with van der Waals surface area (Å²) in [6, 6.07) is 20.5. The van der Waals surface area contributed by atoms with E-state index in [1.165, 1.54) is 12.1 Å². The predicted octanol–water partition coefficient (Wildman–Crippen LogP) is 5.90. The maximum Gasteiger partial charge on any atom is 0.304 e. The summed E-state index contributed by atoms with van der Waals surface area (Å²) in [4.78, 5) is 15.0. The van der Waals surface area contributed by atoms with Crippen molar-refractivity contribution in [2.75, 3.05) is 6.54 Å². The van der Waals surface area contributed by atoms with Crippen LogP contribution < -0.4 is 0 Å². The number of nitrogens with zero attached hydrogens (tertiary/aromatic N) is 1. The van der Waals surface area contributed by atoms with E-state index in [-0.39, 0.29) is 25.1 Å². The van der Waals surface area contributed by atoms with Crippen molar-refractivity contribution >= 4 is 17.7 Å². The van der Waals surface area contributed by atoms with Crippen LogP contribution in [0.1, 0.15) is 23.1 Å². The lowest BCUT2D eigenvalue weighted by molar-refractivity contribution is -0.137. The molecule has 0 aliphatic heterocycles. The zero-order valence-corrected chi connectivity index (χ0v) is 17.5. The minimum Gasteiger partial charge on any atom is -0.481 e. The van der Waals surface area contributed by atoms with Crippen LogP contribution in [0.15, 0.2) is 76.5 Å². The smallest absolute Gasteiger partial charge is 0.304 e. The molecule has 0 aliphatic rings. The standard InChI is InChI=1S/C24H23F2NO2S/c1-17-10-11-22(25)21(24(17)26)16-27(13-12-23(28)29)15-18-6-5-9-20(14-18)30-19-7-3-2-4-8-19/h2-11,14H,12-13,15-16H2,1H3,(H,28,29). The Hall–Kier alpha value is -2.70. The fraction of sp³-hybridized carbons (Fsp3) is 0.208. The normalized spacial score (nSPS) is 11.1. The Morgan fingerprint density at radius 1 is 0.967 bits per heavy atom. The molecule has 30 heavy (non-hydrogen) atoms. The minimum atomic E-state index is -0.946. The fourth-order valence-corrected chi connectivity index (χ4v) is 4.06. The Bertz CT molecular complexity index is 1010. The molecular formula is C24H23F2NO2S. The van der Waals surface area contributed by atoms with Gasteiger partial charge in [0.1, 0.15) is 11.6 Å². The van der Waals surface area contributed by atoms with E-state index in [0.29, 0.717) is 12.1 Å². The van der Waals surface area contributed by atoms with Gasteiger partial charge in [-0.1, -0.05) is 48.2 Å². The zero-order chi connectivity index (χ0) is 21.5. The lowest BCUT2D eigenvalue weighted by atomic mass is 10.1. The van der Waals surface area contributed by atoms with Gasteiger partial charge in [-0.15, -0.1) is 0 Å². The lowest BCUT2D eigenvalue weighted by Gasteiger charge is -2.23. The van der Waals surface area contributed by atoms with Crippen molar-refractivity contribution in [1.82, 2.24) is 4.90 Å². The van der Waals surface area contributed by atoms with Gasteiger partial charge in [0.05, 0.1) is 6.42 Å². The minimum absolute atomic E-state index is 0.00266. The maximum atomic E-state index is 14.5. The van der Waals surface area contributed by atoms with Gasteiger partial charge in [-0.3, -0.25) is 9.69 Å². The summed E-state index contributed by atoms with van der Waals surface area (Å²) >= 11 is 1.63. The molecule has 3 rings (SSSR count). The molecule has 0 aliphatic carbocycles. The fourth-order valence-electron chi connectivity index (χ4n) is 3.14. The third kappa shape index (κ3) is 6.15. The first-order chi connectivity index (χ1) is 14.4. The molecule has 0 fully saturated rings. The van der Waals surface area contributed by atoms with Gasteiger partial charge >= 0.3 is 5.97 Å². The van der Waals surface area contributed by atoms with Crippen LogP contribution >= 0.6 is 11.8 Å². The number of benzene rings is 3. The molecule has 0 unspecified atom stereocenters. The van der Waals surface area contributed by atoms with Crippen molar-refractivity contribution in [1.29, 1.82) is 0 Å². The quantitative estimate of drug-likeness (QED) is 0.461. The van der Waals surface area contributed by atoms with Gasteiger partial charge in [0.15, 0.2) is 0 Å². The molecule has 3 nitrogen and oxygen atoms in total. The van der Waals surface area contributed by atoms with Gasteiger partial charge in [-0.05, 0) is 48.4 Å². The van der Waals surface area contributed by atoms with Crippen LogP contribution in [-0.2, 0) is 17.9 Å². The van der Waals surface area contributed by atoms with Crippen LogP contribution in [0.25, 0.3) is 0 Å². The van der Waals surface area contributed by atoms with Crippen LogP contribution in [0.5, 0.6) is 0 Å². The Balaban J connectivity index is 1.79. The molecule has 0 aromatic heterocycles. The van der Waals surface area contributed by atoms with Crippen molar-refractivity contribution in [2.24, 2.45) is 0 Å². The van der Waals surface area contributed by atoms with E-state index in [9.17, 15) is 13.6 Å². The van der Waals surface area contributed by atoms with Crippen molar-refractivity contribution in [3.8, 4) is 0 Å². The van der Waals surface area contributed by atoms with Crippen molar-refractivity contribution in [2.45, 2.75) is 36.2 Å². The first-order valence-electron chi connectivity index (χ1n) is 9.62. The molecule has 0 amide bonds. The highest BCUT2D eigenvalue weighted by Gasteiger charge is 2.17. The molecule has 3 aromatic rings. The number of hydrogen-bond acceptors (Lipinski definition) is 3. The number of carbonyl (C=O) groups is 1. The Morgan fingerprint density at radius 2 is 1.70 bits per heavy atom. The monoisotopic (exact) mass is 427 g/mol. The average molecular weight is 428 g/mol. The van der Waals surface area contributed by atoms with Crippen molar-refractivity contribution < 1.29 is 18.7 Å². The summed E-state index contributed by atoms with van der Waals surface area (Å²) in [5.41, 5.74) is 1.29. The van der Waals surface area contributed by atoms with E-state index in [4.69, 9.17) is 5.11 Å². The number of carboxylic acids is 1. The highest BCUT2D eigenvalue weighted by atomic mass is 32.2. The van der Waals surface area contributed by atoms with Crippen LogP contribution in [0, 0.1) is 18.6 Å². The number of hydrogen-bond donors (Lipinski definition) is 1. The average Bonchev–Trinajstić information content (AvgIpc) is 2.73. The highest BCUT2D eigenvalue weighted by molar-refractivity contribution is 7.99. The third-order valence-electron chi connectivity index (χ3n) is 4.69. The summed E-state index contributed by atoms with van der Waals surface area (Å²) in [5, 5.41) is 9.08. The molecule has 0 bridgehead atoms. The van der Waals surface area contributed by atoms with Crippen LogP contribution in [0.4, 0.5) is 8.78 Å². The van der Waals surface area contributed by atoms with Gasteiger partial charge in [0.2, 0.25) is 0 Å². The van der Waals surface area contributed by atoms with Gasteiger partial charge in [0, 0.05) is 35.0 Å². The first kappa shape index (κ1) is 22.0. The van der Waals surface area contributed by atoms with Gasteiger partial charge < -0.3 is 5.11 Å². The summed E-state index contributed by atoms with van der Waals surface area (Å²) < 4.78 is 28.7. The van der Waals surface area contributed by atoms with Crippen LogP contribution in [0.3, 0.4) is 0 Å². The first-order valence-corrected chi connectivity index (χ1v) is 10.4. The number of aryl methyl sites for hydroxylation is 1. The maximum absolute atomic E-state index is 14.5. The SMILES string of the molecule is Cc1ccc(F)c(CN(CCC(=O)O)Cc2cccc(Sc3ccccc3)c2)c1F. The molecule has 0 radical (unpaired) electrons. The summed E-state index contributed by atoms with van der Waals surface area (Å²) in [6.07, 6.45) is -0.104. The number of carboxylic acid groups (broad SMARTS) is 1. The highest BCUT2D eigenvalue weighted by Crippen LogP contribution is 2.28. The number of halogens is 2. The Morgan fingerprint density at radius 3 is 2.43 bits per heavy atom. The molecular weight excluding hydrogens is 404 g/mol. The molecule has 156 valence electrons. The van der Waals surface area contributed by atoms with E-state index in [2.05, 4.69) is 0 Å². The molecule has 0 saturated carbocycles. The van der Waals surface area contributed by atoms with E-state index in [1.807, 2.05) is 54.6 Å². The summed E-state index contributed by atoms with van der Waals surface area (Å²) in [5.74, 6) is -2.14. The second-order valence-corrected chi connectivity index (χ2v) is 8.22. The van der Waals surface area contributed by atoms with E-state index >= 15 is 0 Å². The largest absolute Gasteiger partial charge is 0.481 e. The van der Waals surface area contributed by atoms with Crippen LogP contribution in [0.2, 0.25) is 0 Å². The van der Waals surface area contributed by atoms with E-state index in [1.54, 1.807) is 23.6 Å². The number of rotatable bonds is 9. The molecule has 0 spiro atoms. The molecule has 6 heteroatoms. The topological polar surface area (TPSA) is 40.5 Å². The third-order valence-corrected chi connectivity index (χ3v) is 5.68. The Labute approximate surface area is 179 Å². The second kappa shape index (κ2) is 10.4. The second-order valence-electron chi connectivity index (χ2n) is 7.07. The predicted molar refractivity (Wildman–Crippen MR) is 114 cm³/mol. The summed E-state index contributed by atoms with van der Waals surface area (Å²) in [6.45, 7) is 2.17. The molecule has 3 aromatic carbocycles. The number of aliphatic carboxylic acids is 1. The van der Waals surface area contributed by atoms with E-state index in [0.717, 1.165) is 15.4 Å². The van der Waals surface area contributed by atoms with Gasteiger partial charge in [-0.25, -0.2) is 8.78 Å². The summed E-state index contributed by atoms with van der Waals surface area (Å²) in [7, 11) is 0. The molecule has 0 saturated heterocycles. The molecule has 1 N–H and O–H groups in total. The molecule has 0 heterocycles. The van der Waals surface area contributed by atoms with Crippen LogP contribution in [-0.4, -0.2) is 22.5 Å².